The number of carboxylic acids is 1. The largest absolute Gasteiger partial charge is 0.479 e. The quantitative estimate of drug-likeness (QED) is 0.508. The predicted molar refractivity (Wildman–Crippen MR) is 80.9 cm³/mol. The predicted octanol–water partition coefficient (Wildman–Crippen LogP) is 0.201. The number of benzene rings is 1. The number of nitrogens with one attached hydrogen (secondary N) is 1. The van der Waals surface area contributed by atoms with Gasteiger partial charge in [0.2, 0.25) is 6.29 Å². The van der Waals surface area contributed by atoms with Gasteiger partial charge in [-0.05, 0) is 18.2 Å². The normalized spacial score (nSPS) is 31.2. The number of halogens is 1. The number of carbonyl (C=O) groups is 1. The Bertz CT molecular complexity index is 733. The third-order valence-electron chi connectivity index (χ3n) is 3.66. The number of H-pyrrole nitrogens is 1. The van der Waals surface area contributed by atoms with E-state index in [1.807, 2.05) is 6.07 Å². The highest BCUT2D eigenvalue weighted by Gasteiger charge is 2.48. The smallest absolute Gasteiger partial charge is 0.335 e. The van der Waals surface area contributed by atoms with Gasteiger partial charge in [0, 0.05) is 16.1 Å². The molecule has 1 aromatic carbocycles. The van der Waals surface area contributed by atoms with Crippen molar-refractivity contribution in [3.63, 3.8) is 0 Å². The molecule has 5 atom stereocenters. The number of aliphatic carboxylic acids is 1. The number of ether oxygens (including phenoxy) is 2. The lowest BCUT2D eigenvalue weighted by molar-refractivity contribution is -0.270. The minimum atomic E-state index is -1.75. The Hall–Kier alpha value is -1.65. The Balaban J connectivity index is 1.86. The van der Waals surface area contributed by atoms with Crippen LogP contribution in [0.5, 0.6) is 5.75 Å². The van der Waals surface area contributed by atoms with Crippen LogP contribution in [0.3, 0.4) is 0 Å². The summed E-state index contributed by atoms with van der Waals surface area (Å²) in [5.41, 5.74) is 0.759. The first-order valence-electron chi connectivity index (χ1n) is 6.74. The van der Waals surface area contributed by atoms with E-state index in [0.29, 0.717) is 11.1 Å². The minimum absolute atomic E-state index is 0.323. The fourth-order valence-corrected chi connectivity index (χ4v) is 2.80. The summed E-state index contributed by atoms with van der Waals surface area (Å²) >= 11 is 3.34. The number of aliphatic hydroxyl groups is 3. The van der Waals surface area contributed by atoms with Crippen molar-refractivity contribution in [3.8, 4) is 5.75 Å². The van der Waals surface area contributed by atoms with Crippen molar-refractivity contribution >= 4 is 32.8 Å². The summed E-state index contributed by atoms with van der Waals surface area (Å²) in [6.45, 7) is 0. The van der Waals surface area contributed by atoms with Crippen LogP contribution in [0.4, 0.5) is 0 Å². The molecule has 0 radical (unpaired) electrons. The molecule has 1 aromatic heterocycles. The lowest BCUT2D eigenvalue weighted by Gasteiger charge is -2.38. The van der Waals surface area contributed by atoms with Gasteiger partial charge in [-0.15, -0.1) is 0 Å². The number of hydrogen-bond donors (Lipinski definition) is 5. The molecule has 1 aliphatic heterocycles. The van der Waals surface area contributed by atoms with Crippen LogP contribution in [0.25, 0.3) is 10.9 Å². The van der Waals surface area contributed by atoms with E-state index in [0.717, 1.165) is 9.99 Å². The zero-order valence-corrected chi connectivity index (χ0v) is 13.2. The van der Waals surface area contributed by atoms with Crippen LogP contribution in [-0.2, 0) is 9.53 Å². The standard InChI is InChI=1S/C14H14BrNO7/c15-5-1-2-6-7(3-5)16-4-8(6)22-14-11(19)9(17)10(18)12(23-14)13(20)21/h1-4,9-12,14,16-19H,(H,20,21)/t9-,10-,11+,12-,14?/m0/s1. The molecular formula is C14H14BrNO7. The number of fused-ring (bicyclic) bond motifs is 1. The molecule has 23 heavy (non-hydrogen) atoms. The fourth-order valence-electron chi connectivity index (χ4n) is 2.44. The van der Waals surface area contributed by atoms with E-state index in [9.17, 15) is 20.1 Å². The van der Waals surface area contributed by atoms with Gasteiger partial charge in [0.05, 0.1) is 5.52 Å². The summed E-state index contributed by atoms with van der Waals surface area (Å²) in [5.74, 6) is -1.14. The van der Waals surface area contributed by atoms with Crippen LogP contribution >= 0.6 is 15.9 Å². The second-order valence-corrected chi connectivity index (χ2v) is 6.11. The van der Waals surface area contributed by atoms with Gasteiger partial charge < -0.3 is 34.9 Å². The summed E-state index contributed by atoms with van der Waals surface area (Å²) < 4.78 is 11.4. The van der Waals surface area contributed by atoms with Gasteiger partial charge in [0.15, 0.2) is 6.10 Å². The number of aliphatic hydroxyl groups excluding tert-OH is 3. The third-order valence-corrected chi connectivity index (χ3v) is 4.16. The topological polar surface area (TPSA) is 132 Å². The molecule has 5 N–H and O–H groups in total. The van der Waals surface area contributed by atoms with Crippen LogP contribution in [0.2, 0.25) is 0 Å². The van der Waals surface area contributed by atoms with Crippen LogP contribution in [0, 0.1) is 0 Å². The second-order valence-electron chi connectivity index (χ2n) is 5.20. The summed E-state index contributed by atoms with van der Waals surface area (Å²) in [6.07, 6.45) is -6.65. The van der Waals surface area contributed by atoms with Crippen LogP contribution in [0.1, 0.15) is 0 Å². The molecule has 8 nitrogen and oxygen atoms in total. The van der Waals surface area contributed by atoms with Gasteiger partial charge >= 0.3 is 5.97 Å². The van der Waals surface area contributed by atoms with Crippen molar-refractivity contribution in [2.24, 2.45) is 0 Å². The maximum absolute atomic E-state index is 11.1. The molecule has 0 spiro atoms. The first kappa shape index (κ1) is 16.2. The molecule has 3 rings (SSSR count). The van der Waals surface area contributed by atoms with Crippen molar-refractivity contribution in [1.82, 2.24) is 4.98 Å². The van der Waals surface area contributed by atoms with Crippen LogP contribution < -0.4 is 4.74 Å². The van der Waals surface area contributed by atoms with E-state index in [-0.39, 0.29) is 0 Å². The van der Waals surface area contributed by atoms with Crippen molar-refractivity contribution < 1.29 is 34.7 Å². The average Bonchev–Trinajstić information content (AvgIpc) is 2.89. The van der Waals surface area contributed by atoms with Crippen molar-refractivity contribution in [1.29, 1.82) is 0 Å². The Morgan fingerprint density at radius 1 is 1.22 bits per heavy atom. The molecule has 0 saturated carbocycles. The Labute approximate surface area is 138 Å². The third kappa shape index (κ3) is 2.93. The highest BCUT2D eigenvalue weighted by Crippen LogP contribution is 2.31. The Morgan fingerprint density at radius 2 is 1.96 bits per heavy atom. The molecular weight excluding hydrogens is 374 g/mol. The SMILES string of the molecule is O=C(O)[C@H]1OC(Oc2c[nH]c3cc(Br)ccc23)[C@H](O)[C@@H](O)[C@@H]1O. The molecule has 124 valence electrons. The molecule has 1 unspecified atom stereocenters. The lowest BCUT2D eigenvalue weighted by Crippen LogP contribution is -2.61. The zero-order chi connectivity index (χ0) is 16.7. The molecule has 1 aliphatic rings. The number of aromatic amines is 1. The van der Waals surface area contributed by atoms with E-state index in [1.54, 1.807) is 12.1 Å². The number of carboxylic acid groups (broad SMARTS) is 1. The highest BCUT2D eigenvalue weighted by molar-refractivity contribution is 9.10. The van der Waals surface area contributed by atoms with Crippen LogP contribution in [0.15, 0.2) is 28.9 Å². The molecule has 9 heteroatoms. The van der Waals surface area contributed by atoms with E-state index in [4.69, 9.17) is 14.6 Å². The van der Waals surface area contributed by atoms with Crippen LogP contribution in [-0.4, -0.2) is 62.1 Å². The summed E-state index contributed by atoms with van der Waals surface area (Å²) in [7, 11) is 0. The maximum Gasteiger partial charge on any atom is 0.335 e. The van der Waals surface area contributed by atoms with Gasteiger partial charge in [-0.25, -0.2) is 4.79 Å². The van der Waals surface area contributed by atoms with Crippen molar-refractivity contribution in [2.75, 3.05) is 0 Å². The van der Waals surface area contributed by atoms with Crippen molar-refractivity contribution in [3.05, 3.63) is 28.9 Å². The summed E-state index contributed by atoms with van der Waals surface area (Å²) in [6, 6.07) is 5.37. The highest BCUT2D eigenvalue weighted by atomic mass is 79.9. The zero-order valence-electron chi connectivity index (χ0n) is 11.6. The maximum atomic E-state index is 11.1. The van der Waals surface area contributed by atoms with Crippen molar-refractivity contribution in [2.45, 2.75) is 30.7 Å². The van der Waals surface area contributed by atoms with Gasteiger partial charge in [-0.2, -0.15) is 0 Å². The number of hydrogen-bond acceptors (Lipinski definition) is 6. The Kier molecular flexibility index (Phi) is 4.30. The van der Waals surface area contributed by atoms with Gasteiger partial charge in [0.25, 0.3) is 0 Å². The molecule has 2 aromatic rings. The molecule has 0 amide bonds. The van der Waals surface area contributed by atoms with E-state index < -0.39 is 36.7 Å². The molecule has 0 bridgehead atoms. The molecule has 0 aliphatic carbocycles. The van der Waals surface area contributed by atoms with Gasteiger partial charge in [-0.1, -0.05) is 15.9 Å². The molecule has 1 fully saturated rings. The molecule has 2 heterocycles. The minimum Gasteiger partial charge on any atom is -0.479 e. The molecule has 1 saturated heterocycles. The van der Waals surface area contributed by atoms with Gasteiger partial charge in [-0.3, -0.25) is 0 Å². The lowest BCUT2D eigenvalue weighted by atomic mass is 9.99. The first-order valence-corrected chi connectivity index (χ1v) is 7.53. The first-order chi connectivity index (χ1) is 10.9. The summed E-state index contributed by atoms with van der Waals surface area (Å²) in [5, 5.41) is 39.1. The van der Waals surface area contributed by atoms with E-state index >= 15 is 0 Å². The van der Waals surface area contributed by atoms with Gasteiger partial charge in [0.1, 0.15) is 24.1 Å². The summed E-state index contributed by atoms with van der Waals surface area (Å²) in [4.78, 5) is 14.0. The van der Waals surface area contributed by atoms with E-state index in [2.05, 4.69) is 20.9 Å². The monoisotopic (exact) mass is 387 g/mol. The fraction of sp³-hybridized carbons (Fsp3) is 0.357. The van der Waals surface area contributed by atoms with E-state index in [1.165, 1.54) is 6.20 Å². The number of aromatic nitrogens is 1. The Morgan fingerprint density at radius 3 is 2.65 bits per heavy atom. The second kappa shape index (κ2) is 6.10. The average molecular weight is 388 g/mol. The number of rotatable bonds is 3.